The summed E-state index contributed by atoms with van der Waals surface area (Å²) in [6.07, 6.45) is 8.75. The Hall–Kier alpha value is -5.58. The molecule has 5 heterocycles. The molecule has 2 amide bonds. The van der Waals surface area contributed by atoms with Crippen molar-refractivity contribution in [2.24, 2.45) is 0 Å². The summed E-state index contributed by atoms with van der Waals surface area (Å²) in [7, 11) is 0. The number of nitrogens with zero attached hydrogens (tertiary/aromatic N) is 5. The second-order valence-corrected chi connectivity index (χ2v) is 20.1. The van der Waals surface area contributed by atoms with Gasteiger partial charge in [-0.1, -0.05) is 81.4 Å². The Morgan fingerprint density at radius 3 is 1.34 bits per heavy atom. The van der Waals surface area contributed by atoms with Crippen molar-refractivity contribution in [3.8, 4) is 22.5 Å². The van der Waals surface area contributed by atoms with Gasteiger partial charge in [-0.2, -0.15) is 0 Å². The first kappa shape index (κ1) is 42.1. The quantitative estimate of drug-likeness (QED) is 0.168. The van der Waals surface area contributed by atoms with Gasteiger partial charge in [0.1, 0.15) is 22.9 Å². The highest BCUT2D eigenvalue weighted by Gasteiger charge is 2.38. The van der Waals surface area contributed by atoms with Crippen LogP contribution in [0.15, 0.2) is 85.2 Å². The topological polar surface area (TPSA) is 120 Å². The number of ether oxygens (including phenoxy) is 2. The predicted octanol–water partition coefficient (Wildman–Crippen LogP) is 12.0. The minimum absolute atomic E-state index is 0.0602. The fourth-order valence-electron chi connectivity index (χ4n) is 9.21. The number of aromatic amines is 2. The lowest BCUT2D eigenvalue weighted by molar-refractivity contribution is 0.0208. The molecule has 0 aliphatic carbocycles. The average Bonchev–Trinajstić information content (AvgIpc) is 4.05. The molecule has 2 unspecified atom stereocenters. The van der Waals surface area contributed by atoms with Gasteiger partial charge in [-0.15, -0.1) is 0 Å². The first-order valence-corrected chi connectivity index (χ1v) is 22.1. The lowest BCUT2D eigenvalue weighted by Crippen LogP contribution is -2.36. The van der Waals surface area contributed by atoms with E-state index in [0.29, 0.717) is 13.1 Å². The Balaban J connectivity index is 1.01. The summed E-state index contributed by atoms with van der Waals surface area (Å²) >= 11 is 0. The van der Waals surface area contributed by atoms with E-state index in [4.69, 9.17) is 19.4 Å². The van der Waals surface area contributed by atoms with Crippen LogP contribution in [-0.4, -0.2) is 66.2 Å². The molecule has 3 aliphatic rings. The van der Waals surface area contributed by atoms with Crippen molar-refractivity contribution in [2.75, 3.05) is 18.0 Å². The van der Waals surface area contributed by atoms with Crippen LogP contribution in [0.1, 0.15) is 153 Å². The number of nitrogens with one attached hydrogen (secondary N) is 2. The summed E-state index contributed by atoms with van der Waals surface area (Å²) in [5.74, 6) is 1.59. The monoisotopic (exact) mass is 825 g/mol. The molecule has 8 rings (SSSR count). The molecule has 3 fully saturated rings. The summed E-state index contributed by atoms with van der Waals surface area (Å²) in [5.41, 5.74) is 8.01. The van der Waals surface area contributed by atoms with E-state index in [2.05, 4.69) is 108 Å². The zero-order valence-corrected chi connectivity index (χ0v) is 37.4. The third-order valence-electron chi connectivity index (χ3n) is 12.2. The maximum atomic E-state index is 13.0. The van der Waals surface area contributed by atoms with E-state index in [0.717, 1.165) is 72.7 Å². The summed E-state index contributed by atoms with van der Waals surface area (Å²) in [6.45, 7) is 19.5. The molecule has 3 aromatic carbocycles. The summed E-state index contributed by atoms with van der Waals surface area (Å²) in [6, 6.07) is 27.0. The molecular formula is C50H63N7O4. The number of hydrogen-bond donors (Lipinski definition) is 2. The molecule has 0 radical (unpaired) electrons. The zero-order chi connectivity index (χ0) is 43.3. The number of imidazole rings is 2. The minimum Gasteiger partial charge on any atom is -0.444 e. The van der Waals surface area contributed by atoms with Crippen LogP contribution in [0.2, 0.25) is 0 Å². The molecular weight excluding hydrogens is 763 g/mol. The molecule has 0 spiro atoms. The molecule has 11 heteroatoms. The van der Waals surface area contributed by atoms with E-state index in [1.807, 2.05) is 53.9 Å². The number of benzene rings is 3. The highest BCUT2D eigenvalue weighted by Crippen LogP contribution is 2.48. The minimum atomic E-state index is -0.549. The summed E-state index contributed by atoms with van der Waals surface area (Å²) in [5, 5.41) is 0. The van der Waals surface area contributed by atoms with Gasteiger partial charge < -0.3 is 24.3 Å². The Morgan fingerprint density at radius 2 is 0.967 bits per heavy atom. The van der Waals surface area contributed by atoms with Crippen molar-refractivity contribution >= 4 is 17.9 Å². The number of amides is 2. The van der Waals surface area contributed by atoms with Gasteiger partial charge in [0.15, 0.2) is 0 Å². The second-order valence-electron chi connectivity index (χ2n) is 20.1. The molecule has 2 N–H and O–H groups in total. The van der Waals surface area contributed by atoms with Gasteiger partial charge in [0.05, 0.1) is 47.9 Å². The summed E-state index contributed by atoms with van der Waals surface area (Å²) < 4.78 is 11.4. The lowest BCUT2D eigenvalue weighted by Gasteiger charge is -2.34. The summed E-state index contributed by atoms with van der Waals surface area (Å²) in [4.78, 5) is 48.8. The molecule has 0 saturated carbocycles. The maximum Gasteiger partial charge on any atom is 0.410 e. The van der Waals surface area contributed by atoms with Gasteiger partial charge in [-0.3, -0.25) is 9.80 Å². The van der Waals surface area contributed by atoms with Gasteiger partial charge in [-0.05, 0) is 125 Å². The highest BCUT2D eigenvalue weighted by atomic mass is 16.6. The normalized spacial score (nSPS) is 21.0. The van der Waals surface area contributed by atoms with Crippen LogP contribution in [0, 0.1) is 0 Å². The number of H-pyrrole nitrogens is 2. The predicted molar refractivity (Wildman–Crippen MR) is 240 cm³/mol. The number of anilines is 1. The number of hydrogen-bond acceptors (Lipinski definition) is 7. The van der Waals surface area contributed by atoms with Gasteiger partial charge in [0.2, 0.25) is 0 Å². The van der Waals surface area contributed by atoms with Crippen LogP contribution < -0.4 is 4.90 Å². The number of likely N-dealkylation sites (tertiary alicyclic amines) is 2. The van der Waals surface area contributed by atoms with Crippen molar-refractivity contribution in [2.45, 2.75) is 142 Å². The van der Waals surface area contributed by atoms with Crippen LogP contribution >= 0.6 is 0 Å². The first-order chi connectivity index (χ1) is 28.9. The van der Waals surface area contributed by atoms with Gasteiger partial charge in [0, 0.05) is 18.8 Å². The largest absolute Gasteiger partial charge is 0.444 e. The van der Waals surface area contributed by atoms with E-state index in [-0.39, 0.29) is 41.8 Å². The molecule has 3 aliphatic heterocycles. The molecule has 4 atom stereocenters. The van der Waals surface area contributed by atoms with Crippen molar-refractivity contribution < 1.29 is 19.1 Å². The van der Waals surface area contributed by atoms with Crippen molar-refractivity contribution in [1.29, 1.82) is 0 Å². The number of aromatic nitrogens is 4. The molecule has 11 nitrogen and oxygen atoms in total. The van der Waals surface area contributed by atoms with Gasteiger partial charge in [-0.25, -0.2) is 19.6 Å². The molecule has 61 heavy (non-hydrogen) atoms. The van der Waals surface area contributed by atoms with Crippen LogP contribution in [0.4, 0.5) is 15.3 Å². The van der Waals surface area contributed by atoms with Crippen molar-refractivity contribution in [1.82, 2.24) is 29.7 Å². The third kappa shape index (κ3) is 9.21. The SMILES string of the molecule is CC(C)(C)OC(=O)N1CCC[C@H]1c1ncc(-c2ccc(C3CCC(c4ccc(-c5cnc([C@@H]6CCCN6C(=O)OC(C)(C)C)[nH]5)cc4)N3c3ccc(C(C)(C)C)cc3)cc2)[nH]1. The third-order valence-corrected chi connectivity index (χ3v) is 12.2. The highest BCUT2D eigenvalue weighted by molar-refractivity contribution is 5.70. The van der Waals surface area contributed by atoms with Crippen LogP contribution in [-0.2, 0) is 14.9 Å². The van der Waals surface area contributed by atoms with E-state index >= 15 is 0 Å². The maximum absolute atomic E-state index is 13.0. The Morgan fingerprint density at radius 1 is 0.557 bits per heavy atom. The first-order valence-electron chi connectivity index (χ1n) is 22.1. The van der Waals surface area contributed by atoms with E-state index in [1.165, 1.54) is 22.4 Å². The number of carbonyl (C=O) groups is 2. The second kappa shape index (κ2) is 16.4. The fourth-order valence-corrected chi connectivity index (χ4v) is 9.21. The molecule has 3 saturated heterocycles. The van der Waals surface area contributed by atoms with Crippen LogP contribution in [0.3, 0.4) is 0 Å². The molecule has 5 aromatic rings. The zero-order valence-electron chi connectivity index (χ0n) is 37.4. The van der Waals surface area contributed by atoms with E-state index < -0.39 is 11.2 Å². The lowest BCUT2D eigenvalue weighted by atomic mass is 9.87. The smallest absolute Gasteiger partial charge is 0.410 e. The Labute approximate surface area is 361 Å². The van der Waals surface area contributed by atoms with E-state index in [1.54, 1.807) is 9.80 Å². The van der Waals surface area contributed by atoms with Crippen molar-refractivity contribution in [3.63, 3.8) is 0 Å². The Bertz CT molecular complexity index is 2170. The fraction of sp³-hybridized carbons (Fsp3) is 0.480. The van der Waals surface area contributed by atoms with Crippen LogP contribution in [0.5, 0.6) is 0 Å². The van der Waals surface area contributed by atoms with Crippen molar-refractivity contribution in [3.05, 3.63) is 114 Å². The van der Waals surface area contributed by atoms with E-state index in [9.17, 15) is 9.59 Å². The molecule has 2 aromatic heterocycles. The van der Waals surface area contributed by atoms with Crippen LogP contribution in [0.25, 0.3) is 22.5 Å². The van der Waals surface area contributed by atoms with Gasteiger partial charge in [0.25, 0.3) is 0 Å². The molecule has 322 valence electrons. The number of carbonyl (C=O) groups excluding carboxylic acids is 2. The molecule has 0 bridgehead atoms. The number of rotatable bonds is 7. The van der Waals surface area contributed by atoms with Gasteiger partial charge >= 0.3 is 12.2 Å². The Kier molecular flexibility index (Phi) is 11.3. The standard InChI is InChI=1S/C50H63N7O4/c1-48(2,3)36-22-24-37(25-23-36)57-40(34-18-14-32(15-19-34)38-30-51-44(53-38)42-12-10-28-55(42)46(58)60-49(4,5)6)26-27-41(57)35-20-16-33(17-21-35)39-31-52-45(54-39)43-13-11-29-56(43)47(59)61-50(7,8)9/h14-25,30-31,40-43H,10-13,26-29H2,1-9H3,(H,51,53)(H,52,54)/t40?,41?,42-,43-/m0/s1. The average molecular weight is 826 g/mol.